The second kappa shape index (κ2) is 8.78. The van der Waals surface area contributed by atoms with Crippen LogP contribution in [0.4, 0.5) is 0 Å². The fraction of sp³-hybridized carbons (Fsp3) is 0.200. The Morgan fingerprint density at radius 1 is 1.15 bits per heavy atom. The number of nitrogens with zero attached hydrogens (tertiary/aromatic N) is 1. The minimum atomic E-state index is -0.0916. The molecule has 2 aromatic carbocycles. The first-order chi connectivity index (χ1) is 13.0. The van der Waals surface area contributed by atoms with Gasteiger partial charge in [-0.15, -0.1) is 0 Å². The summed E-state index contributed by atoms with van der Waals surface area (Å²) in [4.78, 5) is 14.2. The lowest BCUT2D eigenvalue weighted by molar-refractivity contribution is -0.121. The smallest absolute Gasteiger partial charge is 0.265 e. The van der Waals surface area contributed by atoms with Crippen molar-refractivity contribution in [1.29, 1.82) is 0 Å². The Balaban J connectivity index is 1.79. The number of hydrogen-bond acceptors (Lipinski definition) is 5. The highest BCUT2D eigenvalue weighted by Gasteiger charge is 2.28. The molecule has 1 saturated heterocycles. The van der Waals surface area contributed by atoms with Crippen LogP contribution in [0.25, 0.3) is 6.08 Å². The molecule has 1 amide bonds. The molecule has 1 fully saturated rings. The Morgan fingerprint density at radius 2 is 1.89 bits per heavy atom. The van der Waals surface area contributed by atoms with E-state index in [0.717, 1.165) is 11.1 Å². The van der Waals surface area contributed by atoms with Gasteiger partial charge in [0.15, 0.2) is 11.5 Å². The Hall–Kier alpha value is -2.02. The summed E-state index contributed by atoms with van der Waals surface area (Å²) in [6.07, 6.45) is 1.81. The molecule has 0 bridgehead atoms. The van der Waals surface area contributed by atoms with Gasteiger partial charge in [0.25, 0.3) is 5.91 Å². The molecular weight excluding hydrogens is 402 g/mol. The van der Waals surface area contributed by atoms with Crippen molar-refractivity contribution >= 4 is 51.9 Å². The van der Waals surface area contributed by atoms with Crippen LogP contribution in [0.2, 0.25) is 5.02 Å². The molecular formula is C20H18ClNO3S2. The summed E-state index contributed by atoms with van der Waals surface area (Å²) in [6, 6.07) is 13.1. The Morgan fingerprint density at radius 3 is 2.52 bits per heavy atom. The predicted octanol–water partition coefficient (Wildman–Crippen LogP) is 5.15. The highest BCUT2D eigenvalue weighted by Crippen LogP contribution is 2.34. The normalized spacial score (nSPS) is 15.5. The van der Waals surface area contributed by atoms with Crippen molar-refractivity contribution in [2.75, 3.05) is 13.7 Å². The van der Waals surface area contributed by atoms with E-state index in [1.165, 1.54) is 16.7 Å². The minimum Gasteiger partial charge on any atom is -0.490 e. The van der Waals surface area contributed by atoms with Gasteiger partial charge in [-0.1, -0.05) is 53.8 Å². The average molecular weight is 420 g/mol. The second-order valence-corrected chi connectivity index (χ2v) is 7.91. The molecule has 1 aliphatic heterocycles. The lowest BCUT2D eigenvalue weighted by Crippen LogP contribution is -2.22. The Bertz CT molecular complexity index is 897. The molecule has 0 N–H and O–H groups in total. The molecule has 4 nitrogen and oxygen atoms in total. The number of thiocarbonyl (C=S) groups is 1. The molecule has 7 heteroatoms. The molecule has 0 atom stereocenters. The van der Waals surface area contributed by atoms with Crippen molar-refractivity contribution < 1.29 is 14.3 Å². The third kappa shape index (κ3) is 4.83. The van der Waals surface area contributed by atoms with Crippen LogP contribution in [0.1, 0.15) is 18.1 Å². The summed E-state index contributed by atoms with van der Waals surface area (Å²) < 4.78 is 12.2. The predicted molar refractivity (Wildman–Crippen MR) is 114 cm³/mol. The second-order valence-electron chi connectivity index (χ2n) is 5.80. The third-order valence-corrected chi connectivity index (χ3v) is 5.60. The van der Waals surface area contributed by atoms with Crippen LogP contribution >= 0.6 is 35.6 Å². The maximum Gasteiger partial charge on any atom is 0.265 e. The molecule has 27 heavy (non-hydrogen) atoms. The zero-order valence-electron chi connectivity index (χ0n) is 14.9. The van der Waals surface area contributed by atoms with Gasteiger partial charge in [0.2, 0.25) is 0 Å². The summed E-state index contributed by atoms with van der Waals surface area (Å²) in [6.45, 7) is 2.83. The maximum absolute atomic E-state index is 12.2. The number of carbonyl (C=O) groups excluding carboxylic acids is 1. The van der Waals surface area contributed by atoms with Gasteiger partial charge in [-0.05, 0) is 48.4 Å². The molecule has 140 valence electrons. The van der Waals surface area contributed by atoms with Crippen LogP contribution < -0.4 is 9.47 Å². The van der Waals surface area contributed by atoms with Crippen molar-refractivity contribution in [2.24, 2.45) is 0 Å². The molecule has 0 aromatic heterocycles. The number of benzene rings is 2. The molecule has 0 aliphatic carbocycles. The SMILES string of the molecule is CCOc1cc(/C=C2/SC(=S)N(C)C2=O)ccc1OCc1ccc(Cl)cc1. The van der Waals surface area contributed by atoms with Gasteiger partial charge in [-0.3, -0.25) is 9.69 Å². The topological polar surface area (TPSA) is 38.8 Å². The van der Waals surface area contributed by atoms with Crippen molar-refractivity contribution in [2.45, 2.75) is 13.5 Å². The summed E-state index contributed by atoms with van der Waals surface area (Å²) in [7, 11) is 1.68. The molecule has 0 saturated carbocycles. The average Bonchev–Trinajstić information content (AvgIpc) is 2.89. The number of hydrogen-bond donors (Lipinski definition) is 0. The van der Waals surface area contributed by atoms with Gasteiger partial charge in [-0.25, -0.2) is 0 Å². The van der Waals surface area contributed by atoms with Gasteiger partial charge in [0.05, 0.1) is 11.5 Å². The fourth-order valence-corrected chi connectivity index (χ4v) is 3.75. The van der Waals surface area contributed by atoms with Crippen molar-refractivity contribution in [3.05, 3.63) is 63.5 Å². The highest BCUT2D eigenvalue weighted by atomic mass is 35.5. The van der Waals surface area contributed by atoms with E-state index >= 15 is 0 Å². The van der Waals surface area contributed by atoms with Crippen LogP contribution in [0.3, 0.4) is 0 Å². The van der Waals surface area contributed by atoms with E-state index in [2.05, 4.69) is 0 Å². The fourth-order valence-electron chi connectivity index (χ4n) is 2.44. The van der Waals surface area contributed by atoms with E-state index in [9.17, 15) is 4.79 Å². The molecule has 0 unspecified atom stereocenters. The quantitative estimate of drug-likeness (QED) is 0.478. The molecule has 0 spiro atoms. The number of amides is 1. The first kappa shape index (κ1) is 19.7. The monoisotopic (exact) mass is 419 g/mol. The van der Waals surface area contributed by atoms with E-state index in [0.29, 0.717) is 39.0 Å². The third-order valence-electron chi connectivity index (χ3n) is 3.86. The van der Waals surface area contributed by atoms with Gasteiger partial charge in [0, 0.05) is 12.1 Å². The van der Waals surface area contributed by atoms with Crippen molar-refractivity contribution in [3.8, 4) is 11.5 Å². The van der Waals surface area contributed by atoms with E-state index in [1.54, 1.807) is 7.05 Å². The number of rotatable bonds is 6. The van der Waals surface area contributed by atoms with Crippen LogP contribution in [-0.4, -0.2) is 28.8 Å². The first-order valence-corrected chi connectivity index (χ1v) is 9.94. The minimum absolute atomic E-state index is 0.0916. The van der Waals surface area contributed by atoms with Gasteiger partial charge in [0.1, 0.15) is 10.9 Å². The zero-order valence-corrected chi connectivity index (χ0v) is 17.3. The first-order valence-electron chi connectivity index (χ1n) is 8.33. The van der Waals surface area contributed by atoms with Crippen LogP contribution in [-0.2, 0) is 11.4 Å². The van der Waals surface area contributed by atoms with Crippen LogP contribution in [0, 0.1) is 0 Å². The van der Waals surface area contributed by atoms with E-state index in [1.807, 2.05) is 55.5 Å². The van der Waals surface area contributed by atoms with E-state index in [-0.39, 0.29) is 5.91 Å². The highest BCUT2D eigenvalue weighted by molar-refractivity contribution is 8.26. The number of halogens is 1. The summed E-state index contributed by atoms with van der Waals surface area (Å²) in [5, 5.41) is 0.690. The lowest BCUT2D eigenvalue weighted by Gasteiger charge is -2.13. The number of thioether (sulfide) groups is 1. The summed E-state index contributed by atoms with van der Waals surface area (Å²) in [5.74, 6) is 1.19. The van der Waals surface area contributed by atoms with E-state index < -0.39 is 0 Å². The number of ether oxygens (including phenoxy) is 2. The van der Waals surface area contributed by atoms with E-state index in [4.69, 9.17) is 33.3 Å². The standard InChI is InChI=1S/C20H18ClNO3S2/c1-3-24-17-10-14(11-18-19(23)22(2)20(26)27-18)6-9-16(17)25-12-13-4-7-15(21)8-5-13/h4-11H,3,12H2,1-2H3/b18-11+. The molecule has 0 radical (unpaired) electrons. The Labute approximate surface area is 173 Å². The molecule has 3 rings (SSSR count). The Kier molecular flexibility index (Phi) is 6.42. The summed E-state index contributed by atoms with van der Waals surface area (Å²) >= 11 is 12.4. The van der Waals surface area contributed by atoms with Crippen molar-refractivity contribution in [1.82, 2.24) is 4.90 Å². The van der Waals surface area contributed by atoms with Crippen molar-refractivity contribution in [3.63, 3.8) is 0 Å². The largest absolute Gasteiger partial charge is 0.490 e. The molecule has 1 heterocycles. The lowest BCUT2D eigenvalue weighted by atomic mass is 10.1. The van der Waals surface area contributed by atoms with Crippen LogP contribution in [0.15, 0.2) is 47.4 Å². The van der Waals surface area contributed by atoms with Gasteiger partial charge in [-0.2, -0.15) is 0 Å². The van der Waals surface area contributed by atoms with Crippen LogP contribution in [0.5, 0.6) is 11.5 Å². The zero-order chi connectivity index (χ0) is 19.4. The van der Waals surface area contributed by atoms with Gasteiger partial charge < -0.3 is 9.47 Å². The summed E-state index contributed by atoms with van der Waals surface area (Å²) in [5.41, 5.74) is 1.86. The molecule has 1 aliphatic rings. The molecule has 2 aromatic rings. The maximum atomic E-state index is 12.2. The number of likely N-dealkylation sites (N-methyl/N-ethyl adjacent to an activating group) is 1. The number of carbonyl (C=O) groups is 1. The van der Waals surface area contributed by atoms with Gasteiger partial charge >= 0.3 is 0 Å².